The van der Waals surface area contributed by atoms with Gasteiger partial charge in [-0.2, -0.15) is 0 Å². The van der Waals surface area contributed by atoms with Gasteiger partial charge in [0.05, 0.1) is 0 Å². The Morgan fingerprint density at radius 1 is 1.00 bits per heavy atom. The predicted octanol–water partition coefficient (Wildman–Crippen LogP) is 1.86. The largest absolute Gasteiger partial charge is 0.396 e. The second kappa shape index (κ2) is 8.97. The van der Waals surface area contributed by atoms with E-state index in [1.165, 1.54) is 12.8 Å². The lowest BCUT2D eigenvalue weighted by atomic mass is 10.1. The van der Waals surface area contributed by atoms with Gasteiger partial charge in [-0.1, -0.05) is 0 Å². The van der Waals surface area contributed by atoms with Crippen molar-refractivity contribution in [1.29, 1.82) is 0 Å². The van der Waals surface area contributed by atoms with E-state index in [9.17, 15) is 0 Å². The average Bonchev–Trinajstić information content (AvgIpc) is 2.18. The second-order valence-corrected chi connectivity index (χ2v) is 5.62. The third-order valence-electron chi connectivity index (χ3n) is 2.57. The number of hydrogen-bond acceptors (Lipinski definition) is 3. The van der Waals surface area contributed by atoms with Crippen LogP contribution in [0.1, 0.15) is 46.5 Å². The molecule has 0 aromatic heterocycles. The third kappa shape index (κ3) is 12.0. The molecule has 3 heteroatoms. The van der Waals surface area contributed by atoms with Crippen LogP contribution in [0.4, 0.5) is 0 Å². The molecule has 0 radical (unpaired) electrons. The van der Waals surface area contributed by atoms with Crippen molar-refractivity contribution in [3.63, 3.8) is 0 Å². The van der Waals surface area contributed by atoms with Crippen molar-refractivity contribution in [3.05, 3.63) is 0 Å². The molecule has 0 heterocycles. The van der Waals surface area contributed by atoms with E-state index in [1.54, 1.807) is 0 Å². The molecule has 0 aromatic carbocycles. The maximum atomic E-state index is 8.66. The summed E-state index contributed by atoms with van der Waals surface area (Å²) in [4.78, 5) is 2.38. The van der Waals surface area contributed by atoms with Gasteiger partial charge in [0.15, 0.2) is 0 Å². The first-order chi connectivity index (χ1) is 7.45. The van der Waals surface area contributed by atoms with Gasteiger partial charge in [-0.05, 0) is 73.1 Å². The van der Waals surface area contributed by atoms with E-state index in [1.807, 2.05) is 0 Å². The number of rotatable bonds is 9. The summed E-state index contributed by atoms with van der Waals surface area (Å²) in [6.45, 7) is 10.3. The fraction of sp³-hybridized carbons (Fsp3) is 1.00. The van der Waals surface area contributed by atoms with Gasteiger partial charge in [0.1, 0.15) is 0 Å². The van der Waals surface area contributed by atoms with Crippen molar-refractivity contribution in [3.8, 4) is 0 Å². The van der Waals surface area contributed by atoms with Crippen LogP contribution in [0.5, 0.6) is 0 Å². The highest BCUT2D eigenvalue weighted by Crippen LogP contribution is 2.00. The van der Waals surface area contributed by atoms with Crippen molar-refractivity contribution in [2.75, 3.05) is 33.3 Å². The lowest BCUT2D eigenvalue weighted by molar-refractivity contribution is 0.271. The number of aliphatic hydroxyl groups is 1. The molecule has 0 aromatic rings. The van der Waals surface area contributed by atoms with Crippen LogP contribution in [-0.4, -0.2) is 48.8 Å². The van der Waals surface area contributed by atoms with Crippen LogP contribution in [0.25, 0.3) is 0 Å². The molecular formula is C13H30N2O. The van der Waals surface area contributed by atoms with Crippen LogP contribution in [0.2, 0.25) is 0 Å². The van der Waals surface area contributed by atoms with E-state index in [0.29, 0.717) is 6.61 Å². The first kappa shape index (κ1) is 15.9. The zero-order valence-electron chi connectivity index (χ0n) is 11.6. The highest BCUT2D eigenvalue weighted by molar-refractivity contribution is 4.70. The van der Waals surface area contributed by atoms with Gasteiger partial charge in [-0.3, -0.25) is 0 Å². The molecule has 0 aliphatic carbocycles. The maximum absolute atomic E-state index is 8.66. The molecule has 16 heavy (non-hydrogen) atoms. The molecule has 0 spiro atoms. The molecule has 0 rings (SSSR count). The van der Waals surface area contributed by atoms with Gasteiger partial charge in [-0.15, -0.1) is 0 Å². The normalized spacial score (nSPS) is 12.4. The fourth-order valence-electron chi connectivity index (χ4n) is 1.59. The SMILES string of the molecule is CN(CCCCCO)CCCNC(C)(C)C. The lowest BCUT2D eigenvalue weighted by Gasteiger charge is -2.22. The van der Waals surface area contributed by atoms with Crippen molar-refractivity contribution < 1.29 is 5.11 Å². The quantitative estimate of drug-likeness (QED) is 0.594. The monoisotopic (exact) mass is 230 g/mol. The van der Waals surface area contributed by atoms with E-state index < -0.39 is 0 Å². The summed E-state index contributed by atoms with van der Waals surface area (Å²) in [5.41, 5.74) is 0.236. The number of unbranched alkanes of at least 4 members (excludes halogenated alkanes) is 2. The van der Waals surface area contributed by atoms with Crippen LogP contribution in [0.15, 0.2) is 0 Å². The average molecular weight is 230 g/mol. The standard InChI is InChI=1S/C13H30N2O/c1-13(2,3)14-9-8-11-15(4)10-6-5-7-12-16/h14,16H,5-12H2,1-4H3. The minimum atomic E-state index is 0.236. The first-order valence-electron chi connectivity index (χ1n) is 6.50. The molecule has 0 fully saturated rings. The zero-order valence-corrected chi connectivity index (χ0v) is 11.6. The summed E-state index contributed by atoms with van der Waals surface area (Å²) < 4.78 is 0. The Labute approximate surface area is 101 Å². The molecule has 0 amide bonds. The Balaban J connectivity index is 3.27. The summed E-state index contributed by atoms with van der Waals surface area (Å²) >= 11 is 0. The molecule has 98 valence electrons. The number of aliphatic hydroxyl groups excluding tert-OH is 1. The highest BCUT2D eigenvalue weighted by atomic mass is 16.2. The summed E-state index contributed by atoms with van der Waals surface area (Å²) in [6, 6.07) is 0. The highest BCUT2D eigenvalue weighted by Gasteiger charge is 2.07. The Hall–Kier alpha value is -0.120. The molecule has 0 aliphatic heterocycles. The minimum Gasteiger partial charge on any atom is -0.396 e. The molecule has 0 aliphatic rings. The Morgan fingerprint density at radius 3 is 2.19 bits per heavy atom. The van der Waals surface area contributed by atoms with Gasteiger partial charge in [0.2, 0.25) is 0 Å². The maximum Gasteiger partial charge on any atom is 0.0431 e. The Morgan fingerprint density at radius 2 is 1.62 bits per heavy atom. The number of hydrogen-bond donors (Lipinski definition) is 2. The van der Waals surface area contributed by atoms with Gasteiger partial charge >= 0.3 is 0 Å². The van der Waals surface area contributed by atoms with E-state index >= 15 is 0 Å². The first-order valence-corrected chi connectivity index (χ1v) is 6.50. The number of nitrogens with zero attached hydrogens (tertiary/aromatic N) is 1. The topological polar surface area (TPSA) is 35.5 Å². The van der Waals surface area contributed by atoms with Gasteiger partial charge in [0, 0.05) is 12.1 Å². The van der Waals surface area contributed by atoms with E-state index in [-0.39, 0.29) is 5.54 Å². The van der Waals surface area contributed by atoms with Crippen molar-refractivity contribution in [2.24, 2.45) is 0 Å². The summed E-state index contributed by atoms with van der Waals surface area (Å²) in [7, 11) is 2.18. The van der Waals surface area contributed by atoms with Crippen LogP contribution >= 0.6 is 0 Å². The third-order valence-corrected chi connectivity index (χ3v) is 2.57. The van der Waals surface area contributed by atoms with E-state index in [0.717, 1.165) is 32.5 Å². The van der Waals surface area contributed by atoms with Crippen LogP contribution in [0, 0.1) is 0 Å². The second-order valence-electron chi connectivity index (χ2n) is 5.62. The molecule has 0 saturated heterocycles. The lowest BCUT2D eigenvalue weighted by Crippen LogP contribution is -2.37. The van der Waals surface area contributed by atoms with Gasteiger partial charge in [-0.25, -0.2) is 0 Å². The predicted molar refractivity (Wildman–Crippen MR) is 70.8 cm³/mol. The summed E-state index contributed by atoms with van der Waals surface area (Å²) in [5, 5.41) is 12.2. The van der Waals surface area contributed by atoms with Crippen molar-refractivity contribution in [2.45, 2.75) is 52.0 Å². The Kier molecular flexibility index (Phi) is 8.90. The molecular weight excluding hydrogens is 200 g/mol. The molecule has 0 bridgehead atoms. The van der Waals surface area contributed by atoms with Crippen LogP contribution in [-0.2, 0) is 0 Å². The molecule has 2 N–H and O–H groups in total. The summed E-state index contributed by atoms with van der Waals surface area (Å²) in [5.74, 6) is 0. The smallest absolute Gasteiger partial charge is 0.0431 e. The van der Waals surface area contributed by atoms with Crippen molar-refractivity contribution in [1.82, 2.24) is 10.2 Å². The summed E-state index contributed by atoms with van der Waals surface area (Å²) in [6.07, 6.45) is 4.48. The fourth-order valence-corrected chi connectivity index (χ4v) is 1.59. The van der Waals surface area contributed by atoms with Crippen molar-refractivity contribution >= 4 is 0 Å². The van der Waals surface area contributed by atoms with E-state index in [2.05, 4.69) is 38.0 Å². The van der Waals surface area contributed by atoms with Gasteiger partial charge in [0.25, 0.3) is 0 Å². The molecule has 0 saturated carbocycles. The molecule has 3 nitrogen and oxygen atoms in total. The zero-order chi connectivity index (χ0) is 12.4. The number of nitrogens with one attached hydrogen (secondary N) is 1. The molecule has 0 unspecified atom stereocenters. The molecule has 0 atom stereocenters. The van der Waals surface area contributed by atoms with E-state index in [4.69, 9.17) is 5.11 Å². The van der Waals surface area contributed by atoms with Gasteiger partial charge < -0.3 is 15.3 Å². The van der Waals surface area contributed by atoms with Crippen LogP contribution < -0.4 is 5.32 Å². The van der Waals surface area contributed by atoms with Crippen LogP contribution in [0.3, 0.4) is 0 Å². The minimum absolute atomic E-state index is 0.236. The Bertz CT molecular complexity index is 155.